The summed E-state index contributed by atoms with van der Waals surface area (Å²) < 4.78 is 1.28. The predicted molar refractivity (Wildman–Crippen MR) is 124 cm³/mol. The average Bonchev–Trinajstić information content (AvgIpc) is 3.29. The van der Waals surface area contributed by atoms with Crippen LogP contribution in [-0.2, 0) is 0 Å². The van der Waals surface area contributed by atoms with Crippen molar-refractivity contribution in [2.24, 2.45) is 0 Å². The normalized spacial score (nSPS) is 16.9. The predicted octanol–water partition coefficient (Wildman–Crippen LogP) is 4.61. The molecule has 0 aliphatic carbocycles. The summed E-state index contributed by atoms with van der Waals surface area (Å²) in [4.78, 5) is 4.98. The van der Waals surface area contributed by atoms with E-state index in [-0.39, 0.29) is 6.10 Å². The maximum atomic E-state index is 10.5. The summed E-state index contributed by atoms with van der Waals surface area (Å²) in [5.41, 5.74) is 2.69. The second-order valence-electron chi connectivity index (χ2n) is 7.46. The molecule has 1 atom stereocenters. The van der Waals surface area contributed by atoms with Crippen molar-refractivity contribution in [1.29, 1.82) is 0 Å². The molecule has 1 aliphatic rings. The van der Waals surface area contributed by atoms with E-state index in [2.05, 4.69) is 88.0 Å². The van der Waals surface area contributed by atoms with Crippen LogP contribution < -0.4 is 0 Å². The van der Waals surface area contributed by atoms with Crippen molar-refractivity contribution in [1.82, 2.24) is 9.80 Å². The van der Waals surface area contributed by atoms with Crippen molar-refractivity contribution >= 4 is 23.1 Å². The summed E-state index contributed by atoms with van der Waals surface area (Å²) in [6.45, 7) is 4.78. The second kappa shape index (κ2) is 10.4. The lowest BCUT2D eigenvalue weighted by Gasteiger charge is -2.40. The summed E-state index contributed by atoms with van der Waals surface area (Å²) in [5.74, 6) is 0.761. The summed E-state index contributed by atoms with van der Waals surface area (Å²) in [5, 5.41) is 12.5. The highest BCUT2D eigenvalue weighted by Gasteiger charge is 2.27. The molecule has 2 heterocycles. The van der Waals surface area contributed by atoms with Crippen LogP contribution in [0.15, 0.2) is 82.4 Å². The van der Waals surface area contributed by atoms with Gasteiger partial charge in [0.25, 0.3) is 0 Å². The molecule has 0 unspecified atom stereocenters. The van der Waals surface area contributed by atoms with Gasteiger partial charge in [0.1, 0.15) is 0 Å². The number of hydrogen-bond donors (Lipinski definition) is 1. The van der Waals surface area contributed by atoms with Crippen LogP contribution in [0, 0.1) is 0 Å². The summed E-state index contributed by atoms with van der Waals surface area (Å²) in [7, 11) is 0. The molecule has 0 amide bonds. The molecule has 3 nitrogen and oxygen atoms in total. The van der Waals surface area contributed by atoms with E-state index >= 15 is 0 Å². The Balaban J connectivity index is 1.34. The number of thiophene rings is 1. The third-order valence-corrected chi connectivity index (χ3v) is 7.66. The molecule has 5 heteroatoms. The van der Waals surface area contributed by atoms with Gasteiger partial charge in [-0.3, -0.25) is 9.80 Å². The van der Waals surface area contributed by atoms with E-state index in [4.69, 9.17) is 0 Å². The summed E-state index contributed by atoms with van der Waals surface area (Å²) >= 11 is 3.50. The van der Waals surface area contributed by atoms with E-state index in [9.17, 15) is 5.11 Å². The number of rotatable bonds is 8. The van der Waals surface area contributed by atoms with Crippen LogP contribution >= 0.6 is 23.1 Å². The van der Waals surface area contributed by atoms with Crippen molar-refractivity contribution in [3.63, 3.8) is 0 Å². The highest BCUT2D eigenvalue weighted by Crippen LogP contribution is 2.29. The third-order valence-electron chi connectivity index (χ3n) is 5.38. The number of hydrogen-bond acceptors (Lipinski definition) is 5. The van der Waals surface area contributed by atoms with Crippen molar-refractivity contribution in [3.05, 3.63) is 89.3 Å². The molecule has 0 radical (unpaired) electrons. The molecular formula is C24H28N2OS2. The molecule has 1 saturated heterocycles. The highest BCUT2D eigenvalue weighted by molar-refractivity contribution is 8.01. The molecule has 1 fully saturated rings. The Bertz CT molecular complexity index is 794. The minimum absolute atomic E-state index is 0.285. The van der Waals surface area contributed by atoms with Gasteiger partial charge in [-0.15, -0.1) is 23.1 Å². The van der Waals surface area contributed by atoms with Crippen LogP contribution in [0.4, 0.5) is 0 Å². The van der Waals surface area contributed by atoms with E-state index in [1.807, 2.05) is 0 Å². The first-order valence-corrected chi connectivity index (χ1v) is 12.1. The zero-order valence-corrected chi connectivity index (χ0v) is 18.2. The Kier molecular flexibility index (Phi) is 7.41. The van der Waals surface area contributed by atoms with Crippen molar-refractivity contribution in [3.8, 4) is 0 Å². The maximum absolute atomic E-state index is 10.5. The first-order chi connectivity index (χ1) is 14.3. The Hall–Kier alpha value is -1.63. The Morgan fingerprint density at radius 1 is 0.828 bits per heavy atom. The molecule has 29 heavy (non-hydrogen) atoms. The minimum atomic E-state index is -0.285. The number of aliphatic hydroxyl groups excluding tert-OH is 1. The molecule has 1 aliphatic heterocycles. The first-order valence-electron chi connectivity index (χ1n) is 10.2. The average molecular weight is 425 g/mol. The molecular weight excluding hydrogens is 396 g/mol. The van der Waals surface area contributed by atoms with Crippen LogP contribution in [-0.4, -0.2) is 59.5 Å². The lowest BCUT2D eigenvalue weighted by atomic mass is 9.96. The van der Waals surface area contributed by atoms with Gasteiger partial charge >= 0.3 is 0 Å². The van der Waals surface area contributed by atoms with Crippen molar-refractivity contribution < 1.29 is 5.11 Å². The lowest BCUT2D eigenvalue weighted by Crippen LogP contribution is -2.49. The van der Waals surface area contributed by atoms with Gasteiger partial charge in [-0.1, -0.05) is 66.7 Å². The van der Waals surface area contributed by atoms with Crippen LogP contribution in [0.3, 0.4) is 0 Å². The Labute approximate surface area is 182 Å². The van der Waals surface area contributed by atoms with Crippen LogP contribution in [0.2, 0.25) is 0 Å². The van der Waals surface area contributed by atoms with Gasteiger partial charge in [-0.2, -0.15) is 0 Å². The summed E-state index contributed by atoms with van der Waals surface area (Å²) in [6, 6.07) is 26.1. The molecule has 152 valence electrons. The number of β-amino-alcohol motifs (C(OH)–C–C–N with tert-alkyl or cyclic N) is 1. The van der Waals surface area contributed by atoms with Gasteiger partial charge < -0.3 is 5.11 Å². The Morgan fingerprint density at radius 3 is 2.00 bits per heavy atom. The highest BCUT2D eigenvalue weighted by atomic mass is 32.2. The SMILES string of the molecule is O[C@@H](CSc1cccs1)CN1CCN(C(c2ccccc2)c2ccccc2)CC1. The quantitative estimate of drug-likeness (QED) is 0.534. The third kappa shape index (κ3) is 5.71. The van der Waals surface area contributed by atoms with Gasteiger partial charge in [0.15, 0.2) is 0 Å². The molecule has 2 aromatic carbocycles. The van der Waals surface area contributed by atoms with Crippen LogP contribution in [0.25, 0.3) is 0 Å². The Morgan fingerprint density at radius 2 is 1.45 bits per heavy atom. The minimum Gasteiger partial charge on any atom is -0.391 e. The second-order valence-corrected chi connectivity index (χ2v) is 9.73. The topological polar surface area (TPSA) is 26.7 Å². The lowest BCUT2D eigenvalue weighted by molar-refractivity contribution is 0.0708. The number of benzene rings is 2. The van der Waals surface area contributed by atoms with Crippen molar-refractivity contribution in [2.45, 2.75) is 16.4 Å². The fourth-order valence-electron chi connectivity index (χ4n) is 3.96. The van der Waals surface area contributed by atoms with E-state index in [0.29, 0.717) is 6.04 Å². The van der Waals surface area contributed by atoms with E-state index < -0.39 is 0 Å². The molecule has 4 rings (SSSR count). The summed E-state index contributed by atoms with van der Waals surface area (Å²) in [6.07, 6.45) is -0.285. The van der Waals surface area contributed by atoms with Gasteiger partial charge in [0, 0.05) is 38.5 Å². The smallest absolute Gasteiger partial charge is 0.0761 e. The zero-order valence-electron chi connectivity index (χ0n) is 16.6. The number of nitrogens with zero attached hydrogens (tertiary/aromatic N) is 2. The van der Waals surface area contributed by atoms with E-state index in [0.717, 1.165) is 38.5 Å². The largest absolute Gasteiger partial charge is 0.391 e. The number of aliphatic hydroxyl groups is 1. The van der Waals surface area contributed by atoms with Crippen molar-refractivity contribution in [2.75, 3.05) is 38.5 Å². The molecule has 1 N–H and O–H groups in total. The fourth-order valence-corrected chi connectivity index (χ4v) is 5.69. The maximum Gasteiger partial charge on any atom is 0.0761 e. The number of piperazine rings is 1. The van der Waals surface area contributed by atoms with Gasteiger partial charge in [-0.05, 0) is 22.6 Å². The number of thioether (sulfide) groups is 1. The van der Waals surface area contributed by atoms with Gasteiger partial charge in [0.2, 0.25) is 0 Å². The van der Waals surface area contributed by atoms with Gasteiger partial charge in [0.05, 0.1) is 16.4 Å². The fraction of sp³-hybridized carbons (Fsp3) is 0.333. The molecule has 0 bridgehead atoms. The molecule has 3 aromatic rings. The van der Waals surface area contributed by atoms with E-state index in [1.54, 1.807) is 23.1 Å². The molecule has 1 aromatic heterocycles. The standard InChI is InChI=1S/C24H28N2OS2/c27-22(19-29-23-12-7-17-28-23)18-25-13-15-26(16-14-25)24(20-8-3-1-4-9-20)21-10-5-2-6-11-21/h1-12,17,22,24,27H,13-16,18-19H2/t22-/m1/s1. The van der Waals surface area contributed by atoms with E-state index in [1.165, 1.54) is 15.3 Å². The first kappa shape index (κ1) is 20.6. The zero-order chi connectivity index (χ0) is 19.9. The van der Waals surface area contributed by atoms with Gasteiger partial charge in [-0.25, -0.2) is 0 Å². The van der Waals surface area contributed by atoms with Crippen LogP contribution in [0.5, 0.6) is 0 Å². The monoisotopic (exact) mass is 424 g/mol. The van der Waals surface area contributed by atoms with Crippen LogP contribution in [0.1, 0.15) is 17.2 Å². The molecule has 0 saturated carbocycles. The molecule has 0 spiro atoms.